The fourth-order valence-electron chi connectivity index (χ4n) is 1.44. The number of benzene rings is 1. The Morgan fingerprint density at radius 2 is 2.07 bits per heavy atom. The van der Waals surface area contributed by atoms with E-state index in [0.29, 0.717) is 18.0 Å². The van der Waals surface area contributed by atoms with Crippen LogP contribution in [0, 0.1) is 11.6 Å². The molecule has 0 radical (unpaired) electrons. The van der Waals surface area contributed by atoms with Crippen molar-refractivity contribution in [3.05, 3.63) is 35.4 Å². The first-order chi connectivity index (χ1) is 6.77. The average molecular weight is 197 g/mol. The van der Waals surface area contributed by atoms with Gasteiger partial charge in [0.05, 0.1) is 0 Å². The molecule has 3 heteroatoms. The molecule has 1 aliphatic carbocycles. The largest absolute Gasteiger partial charge is 0.314 e. The van der Waals surface area contributed by atoms with Crippen molar-refractivity contribution in [2.24, 2.45) is 0 Å². The van der Waals surface area contributed by atoms with Gasteiger partial charge in [0.15, 0.2) is 11.6 Å². The topological polar surface area (TPSA) is 12.0 Å². The molecule has 1 aromatic rings. The van der Waals surface area contributed by atoms with Crippen LogP contribution < -0.4 is 5.32 Å². The van der Waals surface area contributed by atoms with E-state index < -0.39 is 11.6 Å². The number of halogens is 2. The predicted molar refractivity (Wildman–Crippen MR) is 51.1 cm³/mol. The van der Waals surface area contributed by atoms with Gasteiger partial charge in [-0.15, -0.1) is 0 Å². The SMILES string of the molecule is Fc1cccc(CCNC2CC2)c1F. The lowest BCUT2D eigenvalue weighted by Crippen LogP contribution is -2.19. The van der Waals surface area contributed by atoms with Crippen molar-refractivity contribution in [1.82, 2.24) is 5.32 Å². The lowest BCUT2D eigenvalue weighted by atomic mass is 10.1. The minimum absolute atomic E-state index is 0.457. The first-order valence-corrected chi connectivity index (χ1v) is 4.93. The third-order valence-corrected chi connectivity index (χ3v) is 2.44. The van der Waals surface area contributed by atoms with Gasteiger partial charge < -0.3 is 5.32 Å². The fraction of sp³-hybridized carbons (Fsp3) is 0.455. The van der Waals surface area contributed by atoms with Crippen LogP contribution in [0.2, 0.25) is 0 Å². The van der Waals surface area contributed by atoms with E-state index in [-0.39, 0.29) is 0 Å². The second-order valence-corrected chi connectivity index (χ2v) is 3.69. The molecule has 0 aromatic heterocycles. The average Bonchev–Trinajstić information content (AvgIpc) is 2.96. The van der Waals surface area contributed by atoms with E-state index in [1.165, 1.54) is 12.8 Å². The number of rotatable bonds is 4. The van der Waals surface area contributed by atoms with E-state index in [4.69, 9.17) is 0 Å². The number of hydrogen-bond acceptors (Lipinski definition) is 1. The maximum atomic E-state index is 13.1. The van der Waals surface area contributed by atoms with Crippen LogP contribution in [-0.4, -0.2) is 12.6 Å². The molecule has 14 heavy (non-hydrogen) atoms. The van der Waals surface area contributed by atoms with Crippen LogP contribution in [0.3, 0.4) is 0 Å². The van der Waals surface area contributed by atoms with Crippen LogP contribution in [-0.2, 0) is 6.42 Å². The summed E-state index contributed by atoms with van der Waals surface area (Å²) < 4.78 is 25.9. The second-order valence-electron chi connectivity index (χ2n) is 3.69. The van der Waals surface area contributed by atoms with Gasteiger partial charge in [0.2, 0.25) is 0 Å². The van der Waals surface area contributed by atoms with Crippen molar-refractivity contribution >= 4 is 0 Å². The molecule has 0 bridgehead atoms. The van der Waals surface area contributed by atoms with Crippen LogP contribution >= 0.6 is 0 Å². The summed E-state index contributed by atoms with van der Waals surface area (Å²) in [5, 5.41) is 3.26. The van der Waals surface area contributed by atoms with Crippen molar-refractivity contribution in [2.75, 3.05) is 6.54 Å². The highest BCUT2D eigenvalue weighted by atomic mass is 19.2. The van der Waals surface area contributed by atoms with Crippen LogP contribution in [0.4, 0.5) is 8.78 Å². The van der Waals surface area contributed by atoms with Crippen molar-refractivity contribution in [2.45, 2.75) is 25.3 Å². The third kappa shape index (κ3) is 2.29. The fourth-order valence-corrected chi connectivity index (χ4v) is 1.44. The molecule has 0 saturated heterocycles. The molecule has 1 saturated carbocycles. The zero-order valence-corrected chi connectivity index (χ0v) is 7.89. The minimum Gasteiger partial charge on any atom is -0.314 e. The Bertz CT molecular complexity index is 321. The summed E-state index contributed by atoms with van der Waals surface area (Å²) in [7, 11) is 0. The number of nitrogens with one attached hydrogen (secondary N) is 1. The summed E-state index contributed by atoms with van der Waals surface area (Å²) >= 11 is 0. The maximum Gasteiger partial charge on any atom is 0.162 e. The molecule has 1 nitrogen and oxygen atoms in total. The smallest absolute Gasteiger partial charge is 0.162 e. The minimum atomic E-state index is -0.756. The summed E-state index contributed by atoms with van der Waals surface area (Å²) in [6, 6.07) is 4.94. The van der Waals surface area contributed by atoms with E-state index >= 15 is 0 Å². The Hall–Kier alpha value is -0.960. The first kappa shape index (κ1) is 9.59. The Morgan fingerprint density at radius 1 is 1.29 bits per heavy atom. The zero-order chi connectivity index (χ0) is 9.97. The first-order valence-electron chi connectivity index (χ1n) is 4.93. The van der Waals surface area contributed by atoms with Gasteiger partial charge in [-0.2, -0.15) is 0 Å². The van der Waals surface area contributed by atoms with E-state index in [2.05, 4.69) is 5.32 Å². The van der Waals surface area contributed by atoms with Crippen LogP contribution in [0.5, 0.6) is 0 Å². The second kappa shape index (κ2) is 4.05. The molecule has 1 fully saturated rings. The molecule has 0 spiro atoms. The molecular formula is C11H13F2N. The quantitative estimate of drug-likeness (QED) is 0.780. The summed E-state index contributed by atoms with van der Waals surface area (Å²) in [5.74, 6) is -1.46. The summed E-state index contributed by atoms with van der Waals surface area (Å²) in [4.78, 5) is 0. The van der Waals surface area contributed by atoms with Crippen molar-refractivity contribution in [3.63, 3.8) is 0 Å². The molecule has 0 unspecified atom stereocenters. The van der Waals surface area contributed by atoms with E-state index in [9.17, 15) is 8.78 Å². The van der Waals surface area contributed by atoms with Gasteiger partial charge in [0, 0.05) is 6.04 Å². The molecular weight excluding hydrogens is 184 g/mol. The molecule has 2 rings (SSSR count). The van der Waals surface area contributed by atoms with Gasteiger partial charge >= 0.3 is 0 Å². The molecule has 0 aliphatic heterocycles. The molecule has 0 atom stereocenters. The zero-order valence-electron chi connectivity index (χ0n) is 7.89. The summed E-state index contributed by atoms with van der Waals surface area (Å²) in [6.07, 6.45) is 2.98. The van der Waals surface area contributed by atoms with Gasteiger partial charge in [0.1, 0.15) is 0 Å². The normalized spacial score (nSPS) is 15.9. The van der Waals surface area contributed by atoms with Crippen LogP contribution in [0.15, 0.2) is 18.2 Å². The van der Waals surface area contributed by atoms with E-state index in [1.807, 2.05) is 0 Å². The Labute approximate surface area is 82.1 Å². The summed E-state index contributed by atoms with van der Waals surface area (Å²) in [5.41, 5.74) is 0.457. The monoisotopic (exact) mass is 197 g/mol. The Balaban J connectivity index is 1.90. The van der Waals surface area contributed by atoms with Crippen molar-refractivity contribution in [3.8, 4) is 0 Å². The van der Waals surface area contributed by atoms with Crippen molar-refractivity contribution in [1.29, 1.82) is 0 Å². The van der Waals surface area contributed by atoms with Crippen molar-refractivity contribution < 1.29 is 8.78 Å². The lowest BCUT2D eigenvalue weighted by Gasteiger charge is -2.04. The van der Waals surface area contributed by atoms with Gasteiger partial charge in [0.25, 0.3) is 0 Å². The molecule has 1 aromatic carbocycles. The highest BCUT2D eigenvalue weighted by Crippen LogP contribution is 2.18. The van der Waals surface area contributed by atoms with Gasteiger partial charge in [-0.3, -0.25) is 0 Å². The standard InChI is InChI=1S/C11H13F2N/c12-10-3-1-2-8(11(10)13)6-7-14-9-4-5-9/h1-3,9,14H,4-7H2. The third-order valence-electron chi connectivity index (χ3n) is 2.44. The molecule has 0 heterocycles. The molecule has 76 valence electrons. The maximum absolute atomic E-state index is 13.1. The Morgan fingerprint density at radius 3 is 2.79 bits per heavy atom. The van der Waals surface area contributed by atoms with Gasteiger partial charge in [-0.05, 0) is 37.4 Å². The highest BCUT2D eigenvalue weighted by Gasteiger charge is 2.19. The Kier molecular flexibility index (Phi) is 2.77. The predicted octanol–water partition coefficient (Wildman–Crippen LogP) is 2.26. The highest BCUT2D eigenvalue weighted by molar-refractivity contribution is 5.19. The van der Waals surface area contributed by atoms with E-state index in [0.717, 1.165) is 12.6 Å². The van der Waals surface area contributed by atoms with Crippen LogP contribution in [0.25, 0.3) is 0 Å². The molecule has 1 aliphatic rings. The van der Waals surface area contributed by atoms with Crippen LogP contribution in [0.1, 0.15) is 18.4 Å². The number of hydrogen-bond donors (Lipinski definition) is 1. The summed E-state index contributed by atoms with van der Waals surface area (Å²) in [6.45, 7) is 0.727. The van der Waals surface area contributed by atoms with Gasteiger partial charge in [-0.1, -0.05) is 12.1 Å². The van der Waals surface area contributed by atoms with Gasteiger partial charge in [-0.25, -0.2) is 8.78 Å². The lowest BCUT2D eigenvalue weighted by molar-refractivity contribution is 0.496. The molecule has 1 N–H and O–H groups in total. The van der Waals surface area contributed by atoms with E-state index in [1.54, 1.807) is 12.1 Å². The molecule has 0 amide bonds.